The van der Waals surface area contributed by atoms with Crippen LogP contribution in [0.4, 0.5) is 0 Å². The Bertz CT molecular complexity index is 29.2. The summed E-state index contributed by atoms with van der Waals surface area (Å²) in [4.78, 5) is 0. The van der Waals surface area contributed by atoms with Gasteiger partial charge in [0.1, 0.15) is 0 Å². The molecule has 5 heteroatoms. The minimum Gasteiger partial charge on any atom is -1.00 e. The molecule has 0 fully saturated rings. The van der Waals surface area contributed by atoms with Gasteiger partial charge in [-0.2, -0.15) is 0 Å². The molecule has 0 atom stereocenters. The zero-order chi connectivity index (χ0) is 4.28. The van der Waals surface area contributed by atoms with Crippen LogP contribution < -0.4 is 45.4 Å². The molecule has 0 unspecified atom stereocenters. The molecule has 0 aromatic heterocycles. The van der Waals surface area contributed by atoms with Crippen LogP contribution in [0.2, 0.25) is 0 Å². The Morgan fingerprint density at radius 3 is 1.38 bits per heavy atom. The Morgan fingerprint density at radius 2 is 1.38 bits per heavy atom. The van der Waals surface area contributed by atoms with Gasteiger partial charge in [-0.05, 0) is 6.42 Å². The predicted molar refractivity (Wildman–Crippen MR) is 22.5 cm³/mol. The van der Waals surface area contributed by atoms with E-state index in [1.165, 1.54) is 0 Å². The molecule has 57 valence electrons. The molecular weight excluding hydrogens is 287 g/mol. The molecule has 0 saturated carbocycles. The molecule has 4 N–H and O–H groups in total. The van der Waals surface area contributed by atoms with Crippen molar-refractivity contribution >= 4 is 0 Å². The van der Waals surface area contributed by atoms with Crippen molar-refractivity contribution in [3.63, 3.8) is 0 Å². The molecule has 0 amide bonds. The Balaban J connectivity index is -0.0000000267. The third-order valence-corrected chi connectivity index (χ3v) is 0.471. The van der Waals surface area contributed by atoms with E-state index >= 15 is 0 Å². The van der Waals surface area contributed by atoms with Crippen molar-refractivity contribution < 1.29 is 51.0 Å². The smallest absolute Gasteiger partial charge is 1.00 e. The molecule has 8 heavy (non-hydrogen) atoms. The maximum Gasteiger partial charge on any atom is 2.00 e. The van der Waals surface area contributed by atoms with Gasteiger partial charge >= 0.3 is 17.1 Å². The fourth-order valence-corrected chi connectivity index (χ4v) is 0. The second kappa shape index (κ2) is 15.8. The van der Waals surface area contributed by atoms with Crippen molar-refractivity contribution in [3.8, 4) is 0 Å². The molecule has 0 aliphatic heterocycles. The van der Waals surface area contributed by atoms with Gasteiger partial charge in [0.05, 0.1) is 6.17 Å². The molecule has 0 aromatic carbocycles. The maximum atomic E-state index is 5.07. The van der Waals surface area contributed by atoms with E-state index in [-0.39, 0.29) is 57.2 Å². The first-order valence-electron chi connectivity index (χ1n) is 1.78. The van der Waals surface area contributed by atoms with Crippen LogP contribution in [0.3, 0.4) is 0 Å². The van der Waals surface area contributed by atoms with Crippen molar-refractivity contribution in [2.75, 3.05) is 0 Å². The summed E-state index contributed by atoms with van der Waals surface area (Å²) in [5.74, 6) is 0. The van der Waals surface area contributed by atoms with Crippen molar-refractivity contribution in [1.82, 2.24) is 0 Å². The minimum absolute atomic E-state index is 0. The number of halogens is 2. The topological polar surface area (TPSA) is 52.0 Å². The van der Waals surface area contributed by atoms with Crippen molar-refractivity contribution in [2.45, 2.75) is 19.5 Å². The summed E-state index contributed by atoms with van der Waals surface area (Å²) in [6, 6.07) is 0. The van der Waals surface area contributed by atoms with E-state index in [1.807, 2.05) is 6.92 Å². The fraction of sp³-hybridized carbons (Fsp3) is 1.00. The van der Waals surface area contributed by atoms with Crippen molar-refractivity contribution in [1.29, 1.82) is 0 Å². The molecule has 0 rings (SSSR count). The summed E-state index contributed by atoms with van der Waals surface area (Å²) >= 11 is 0. The first-order valence-corrected chi connectivity index (χ1v) is 1.78. The third kappa shape index (κ3) is 26.2. The average Bonchev–Trinajstić information content (AvgIpc) is 1.38. The summed E-state index contributed by atoms with van der Waals surface area (Å²) in [7, 11) is 0. The summed E-state index contributed by atoms with van der Waals surface area (Å²) in [6.45, 7) is 1.95. The Hall–Kier alpha value is 1.40. The Labute approximate surface area is 81.8 Å². The van der Waals surface area contributed by atoms with E-state index in [2.05, 4.69) is 0 Å². The predicted octanol–water partition coefficient (Wildman–Crippen LogP) is -6.35. The standard InChI is InChI=1S/C3H10N2.2BrH.Cu/c1-2-3(4)5;;;/h3H,2,4-5H2,1H3;2*1H;/q;;;+2/p-2. The van der Waals surface area contributed by atoms with Gasteiger partial charge in [-0.25, -0.2) is 0 Å². The summed E-state index contributed by atoms with van der Waals surface area (Å²) in [5, 5.41) is 0. The van der Waals surface area contributed by atoms with Crippen LogP contribution in [0.5, 0.6) is 0 Å². The van der Waals surface area contributed by atoms with Crippen LogP contribution in [0.25, 0.3) is 0 Å². The molecule has 0 aliphatic carbocycles. The Kier molecular flexibility index (Phi) is 44.9. The van der Waals surface area contributed by atoms with E-state index in [4.69, 9.17) is 11.5 Å². The largest absolute Gasteiger partial charge is 2.00 e. The molecule has 1 radical (unpaired) electrons. The summed E-state index contributed by atoms with van der Waals surface area (Å²) < 4.78 is 0. The molecule has 0 saturated heterocycles. The monoisotopic (exact) mass is 295 g/mol. The quantitative estimate of drug-likeness (QED) is 0.374. The SMILES string of the molecule is CCC(N)N.[Br-].[Br-].[Cu+2]. The number of hydrogen-bond donors (Lipinski definition) is 2. The fourth-order valence-electron chi connectivity index (χ4n) is 0. The average molecular weight is 297 g/mol. The Morgan fingerprint density at radius 1 is 1.25 bits per heavy atom. The second-order valence-corrected chi connectivity index (χ2v) is 1.07. The van der Waals surface area contributed by atoms with Crippen LogP contribution in [-0.2, 0) is 17.1 Å². The number of hydrogen-bond acceptors (Lipinski definition) is 2. The van der Waals surface area contributed by atoms with Crippen LogP contribution >= 0.6 is 0 Å². The van der Waals surface area contributed by atoms with Gasteiger partial charge in [0, 0.05) is 0 Å². The van der Waals surface area contributed by atoms with Gasteiger partial charge in [0.15, 0.2) is 0 Å². The second-order valence-electron chi connectivity index (χ2n) is 1.07. The summed E-state index contributed by atoms with van der Waals surface area (Å²) in [6.07, 6.45) is 0.745. The van der Waals surface area contributed by atoms with Gasteiger partial charge in [-0.3, -0.25) is 0 Å². The zero-order valence-electron chi connectivity index (χ0n) is 4.50. The van der Waals surface area contributed by atoms with E-state index in [0.717, 1.165) is 6.42 Å². The molecule has 0 aliphatic rings. The van der Waals surface area contributed by atoms with Crippen LogP contribution in [-0.4, -0.2) is 6.17 Å². The molecule has 0 heterocycles. The van der Waals surface area contributed by atoms with Crippen LogP contribution in [0.15, 0.2) is 0 Å². The first kappa shape index (κ1) is 22.7. The maximum absolute atomic E-state index is 5.07. The van der Waals surface area contributed by atoms with Crippen LogP contribution in [0.1, 0.15) is 13.3 Å². The van der Waals surface area contributed by atoms with E-state index in [0.29, 0.717) is 0 Å². The minimum atomic E-state index is -0.116. The molecule has 0 bridgehead atoms. The molecule has 2 nitrogen and oxygen atoms in total. The van der Waals surface area contributed by atoms with Crippen molar-refractivity contribution in [3.05, 3.63) is 0 Å². The molecule has 0 spiro atoms. The molecular formula is C3H10Br2CuN2. The number of rotatable bonds is 1. The zero-order valence-corrected chi connectivity index (χ0v) is 8.61. The van der Waals surface area contributed by atoms with Gasteiger partial charge in [0.25, 0.3) is 0 Å². The van der Waals surface area contributed by atoms with E-state index in [9.17, 15) is 0 Å². The first-order chi connectivity index (χ1) is 2.27. The normalized spacial score (nSPS) is 6.00. The van der Waals surface area contributed by atoms with Gasteiger partial charge < -0.3 is 45.4 Å². The van der Waals surface area contributed by atoms with E-state index in [1.54, 1.807) is 0 Å². The van der Waals surface area contributed by atoms with Gasteiger partial charge in [-0.1, -0.05) is 6.92 Å². The van der Waals surface area contributed by atoms with Crippen molar-refractivity contribution in [2.24, 2.45) is 11.5 Å². The molecule has 0 aromatic rings. The van der Waals surface area contributed by atoms with E-state index < -0.39 is 0 Å². The number of nitrogens with two attached hydrogens (primary N) is 2. The third-order valence-electron chi connectivity index (χ3n) is 0.471. The van der Waals surface area contributed by atoms with Gasteiger partial charge in [-0.15, -0.1) is 0 Å². The van der Waals surface area contributed by atoms with Crippen LogP contribution in [0, 0.1) is 0 Å². The van der Waals surface area contributed by atoms with Gasteiger partial charge in [0.2, 0.25) is 0 Å². The summed E-state index contributed by atoms with van der Waals surface area (Å²) in [5.41, 5.74) is 10.1.